The third-order valence-corrected chi connectivity index (χ3v) is 2.85. The van der Waals surface area contributed by atoms with Crippen LogP contribution in [-0.4, -0.2) is 48.8 Å². The van der Waals surface area contributed by atoms with Gasteiger partial charge in [0.05, 0.1) is 6.61 Å². The van der Waals surface area contributed by atoms with Gasteiger partial charge in [0.2, 0.25) is 0 Å². The molecule has 1 rings (SSSR count). The summed E-state index contributed by atoms with van der Waals surface area (Å²) in [5, 5.41) is 12.4. The van der Waals surface area contributed by atoms with Crippen LogP contribution in [0.4, 0.5) is 0 Å². The highest BCUT2D eigenvalue weighted by Gasteiger charge is 2.16. The molecule has 3 heteroatoms. The molecule has 15 heavy (non-hydrogen) atoms. The maximum atomic E-state index is 8.96. The fraction of sp³-hybridized carbons (Fsp3) is 0.833. The van der Waals surface area contributed by atoms with E-state index in [0.717, 1.165) is 39.0 Å². The van der Waals surface area contributed by atoms with Gasteiger partial charge in [0.1, 0.15) is 0 Å². The second-order valence-corrected chi connectivity index (χ2v) is 4.13. The first-order valence-electron chi connectivity index (χ1n) is 5.87. The van der Waals surface area contributed by atoms with E-state index >= 15 is 0 Å². The quantitative estimate of drug-likeness (QED) is 0.473. The topological polar surface area (TPSA) is 35.5 Å². The van der Waals surface area contributed by atoms with Gasteiger partial charge < -0.3 is 10.4 Å². The van der Waals surface area contributed by atoms with Gasteiger partial charge in [-0.3, -0.25) is 4.90 Å². The van der Waals surface area contributed by atoms with E-state index in [1.165, 1.54) is 12.8 Å². The molecule has 1 aliphatic heterocycles. The normalized spacial score (nSPS) is 20.7. The van der Waals surface area contributed by atoms with Crippen molar-refractivity contribution in [3.63, 3.8) is 0 Å². The molecule has 0 radical (unpaired) electrons. The lowest BCUT2D eigenvalue weighted by atomic mass is 10.2. The number of aliphatic hydroxyl groups excluding tert-OH is 1. The van der Waals surface area contributed by atoms with Gasteiger partial charge in [-0.1, -0.05) is 0 Å². The zero-order valence-electron chi connectivity index (χ0n) is 9.41. The van der Waals surface area contributed by atoms with Gasteiger partial charge in [0.15, 0.2) is 0 Å². The maximum Gasteiger partial charge on any atom is 0.0558 e. The van der Waals surface area contributed by atoms with Crippen LogP contribution in [0, 0.1) is 12.3 Å². The van der Waals surface area contributed by atoms with Gasteiger partial charge in [-0.25, -0.2) is 0 Å². The number of hydrogen-bond acceptors (Lipinski definition) is 3. The van der Waals surface area contributed by atoms with Crippen LogP contribution in [0.3, 0.4) is 0 Å². The minimum atomic E-state index is 0.239. The van der Waals surface area contributed by atoms with E-state index in [1.807, 2.05) is 0 Å². The molecule has 0 aromatic rings. The highest BCUT2D eigenvalue weighted by molar-refractivity contribution is 4.84. The molecule has 0 amide bonds. The Morgan fingerprint density at radius 2 is 2.33 bits per heavy atom. The Morgan fingerprint density at radius 1 is 1.47 bits per heavy atom. The van der Waals surface area contributed by atoms with Crippen molar-refractivity contribution < 1.29 is 5.11 Å². The van der Waals surface area contributed by atoms with Crippen LogP contribution in [0.15, 0.2) is 0 Å². The van der Waals surface area contributed by atoms with Crippen LogP contribution in [0.1, 0.15) is 25.7 Å². The van der Waals surface area contributed by atoms with E-state index in [4.69, 9.17) is 11.5 Å². The summed E-state index contributed by atoms with van der Waals surface area (Å²) in [5.41, 5.74) is 0. The van der Waals surface area contributed by atoms with Crippen LogP contribution < -0.4 is 5.32 Å². The average Bonchev–Trinajstić information content (AvgIpc) is 2.71. The number of terminal acetylenes is 1. The number of unbranched alkanes of at least 4 members (excludes halogenated alkanes) is 1. The fourth-order valence-electron chi connectivity index (χ4n) is 2.06. The number of rotatable bonds is 7. The Balaban J connectivity index is 2.19. The Hall–Kier alpha value is -0.560. The van der Waals surface area contributed by atoms with E-state index < -0.39 is 0 Å². The summed E-state index contributed by atoms with van der Waals surface area (Å²) in [6.45, 7) is 4.20. The standard InChI is InChI=1S/C12H22N2O/c1-2-3-4-8-14(9-10-15)11-12-6-5-7-13-12/h1,12-13,15H,3-11H2. The molecule has 1 unspecified atom stereocenters. The third kappa shape index (κ3) is 5.17. The van der Waals surface area contributed by atoms with E-state index in [9.17, 15) is 0 Å². The van der Waals surface area contributed by atoms with E-state index in [2.05, 4.69) is 16.1 Å². The highest BCUT2D eigenvalue weighted by Crippen LogP contribution is 2.07. The molecule has 1 aliphatic rings. The molecule has 0 aromatic carbocycles. The first kappa shape index (κ1) is 12.5. The minimum Gasteiger partial charge on any atom is -0.395 e. The summed E-state index contributed by atoms with van der Waals surface area (Å²) in [5.74, 6) is 2.65. The van der Waals surface area contributed by atoms with E-state index in [1.54, 1.807) is 0 Å². The molecular weight excluding hydrogens is 188 g/mol. The second-order valence-electron chi connectivity index (χ2n) is 4.13. The van der Waals surface area contributed by atoms with Crippen molar-refractivity contribution in [2.75, 3.05) is 32.8 Å². The van der Waals surface area contributed by atoms with Crippen LogP contribution in [-0.2, 0) is 0 Å². The van der Waals surface area contributed by atoms with Crippen molar-refractivity contribution in [3.8, 4) is 12.3 Å². The van der Waals surface area contributed by atoms with Gasteiger partial charge in [0, 0.05) is 25.6 Å². The SMILES string of the molecule is C#CCCCN(CCO)CC1CCCN1. The Bertz CT molecular complexity index is 194. The van der Waals surface area contributed by atoms with Crippen LogP contribution >= 0.6 is 0 Å². The largest absolute Gasteiger partial charge is 0.395 e. The molecule has 0 bridgehead atoms. The van der Waals surface area contributed by atoms with E-state index in [-0.39, 0.29) is 6.61 Å². The Labute approximate surface area is 92.9 Å². The summed E-state index contributed by atoms with van der Waals surface area (Å²) >= 11 is 0. The molecule has 0 aromatic heterocycles. The molecule has 86 valence electrons. The third-order valence-electron chi connectivity index (χ3n) is 2.85. The van der Waals surface area contributed by atoms with Crippen molar-refractivity contribution in [2.24, 2.45) is 0 Å². The van der Waals surface area contributed by atoms with E-state index in [0.29, 0.717) is 6.04 Å². The summed E-state index contributed by atoms with van der Waals surface area (Å²) in [7, 11) is 0. The second kappa shape index (κ2) is 7.70. The molecule has 0 saturated carbocycles. The highest BCUT2D eigenvalue weighted by atomic mass is 16.3. The average molecular weight is 210 g/mol. The van der Waals surface area contributed by atoms with Crippen LogP contribution in [0.2, 0.25) is 0 Å². The minimum absolute atomic E-state index is 0.239. The van der Waals surface area contributed by atoms with Crippen molar-refractivity contribution >= 4 is 0 Å². The number of nitrogens with one attached hydrogen (secondary N) is 1. The van der Waals surface area contributed by atoms with Crippen molar-refractivity contribution in [3.05, 3.63) is 0 Å². The molecule has 2 N–H and O–H groups in total. The maximum absolute atomic E-state index is 8.96. The first-order chi connectivity index (χ1) is 7.36. The van der Waals surface area contributed by atoms with Crippen molar-refractivity contribution in [1.82, 2.24) is 10.2 Å². The monoisotopic (exact) mass is 210 g/mol. The first-order valence-corrected chi connectivity index (χ1v) is 5.87. The van der Waals surface area contributed by atoms with Gasteiger partial charge in [-0.2, -0.15) is 0 Å². The summed E-state index contributed by atoms with van der Waals surface area (Å²) in [6, 6.07) is 0.613. The van der Waals surface area contributed by atoms with Crippen LogP contribution in [0.5, 0.6) is 0 Å². The molecule has 1 atom stereocenters. The van der Waals surface area contributed by atoms with Gasteiger partial charge >= 0.3 is 0 Å². The Kier molecular flexibility index (Phi) is 6.42. The molecular formula is C12H22N2O. The van der Waals surface area contributed by atoms with Gasteiger partial charge in [-0.15, -0.1) is 12.3 Å². The predicted octanol–water partition coefficient (Wildman–Crippen LogP) is 0.446. The molecule has 1 heterocycles. The molecule has 0 spiro atoms. The Morgan fingerprint density at radius 3 is 2.93 bits per heavy atom. The van der Waals surface area contributed by atoms with Gasteiger partial charge in [0.25, 0.3) is 0 Å². The lowest BCUT2D eigenvalue weighted by Crippen LogP contribution is -2.39. The summed E-state index contributed by atoms with van der Waals surface area (Å²) < 4.78 is 0. The zero-order valence-corrected chi connectivity index (χ0v) is 9.41. The molecule has 1 saturated heterocycles. The summed E-state index contributed by atoms with van der Waals surface area (Å²) in [6.07, 6.45) is 9.63. The number of nitrogens with zero attached hydrogens (tertiary/aromatic N) is 1. The fourth-order valence-corrected chi connectivity index (χ4v) is 2.06. The van der Waals surface area contributed by atoms with Gasteiger partial charge in [-0.05, 0) is 32.4 Å². The van der Waals surface area contributed by atoms with Crippen LogP contribution in [0.25, 0.3) is 0 Å². The summed E-state index contributed by atoms with van der Waals surface area (Å²) in [4.78, 5) is 2.31. The predicted molar refractivity (Wildman–Crippen MR) is 62.6 cm³/mol. The number of hydrogen-bond donors (Lipinski definition) is 2. The van der Waals surface area contributed by atoms with Crippen molar-refractivity contribution in [1.29, 1.82) is 0 Å². The lowest BCUT2D eigenvalue weighted by Gasteiger charge is -2.24. The van der Waals surface area contributed by atoms with Crippen molar-refractivity contribution in [2.45, 2.75) is 31.7 Å². The molecule has 1 fully saturated rings. The molecule has 3 nitrogen and oxygen atoms in total. The number of aliphatic hydroxyl groups is 1. The molecule has 0 aliphatic carbocycles. The smallest absolute Gasteiger partial charge is 0.0558 e. The zero-order chi connectivity index (χ0) is 10.9. The lowest BCUT2D eigenvalue weighted by molar-refractivity contribution is 0.184.